The van der Waals surface area contributed by atoms with Crippen molar-refractivity contribution in [3.05, 3.63) is 0 Å². The number of hydrogen-bond donors (Lipinski definition) is 0. The van der Waals surface area contributed by atoms with Crippen LogP contribution in [0, 0.1) is 0 Å². The largest absolute Gasteiger partial charge is 0.412 e. The quantitative estimate of drug-likeness (QED) is 0.477. The van der Waals surface area contributed by atoms with Crippen molar-refractivity contribution in [2.24, 2.45) is 0 Å². The van der Waals surface area contributed by atoms with Gasteiger partial charge in [0.05, 0.1) is 0 Å². The summed E-state index contributed by atoms with van der Waals surface area (Å²) in [6.45, 7) is 0. The number of rotatable bonds is 0. The van der Waals surface area contributed by atoms with Crippen molar-refractivity contribution in [2.45, 2.75) is 0 Å². The van der Waals surface area contributed by atoms with E-state index in [2.05, 4.69) is 0 Å². The van der Waals surface area contributed by atoms with Crippen molar-refractivity contribution in [1.29, 1.82) is 0 Å². The van der Waals surface area contributed by atoms with E-state index in [0.29, 0.717) is 0 Å². The van der Waals surface area contributed by atoms with E-state index in [4.69, 9.17) is 0 Å². The van der Waals surface area contributed by atoms with Gasteiger partial charge in [-0.15, -0.1) is 0 Å². The molecular formula is H4AuO2Ti. The van der Waals surface area contributed by atoms with Gasteiger partial charge in [-0.3, -0.25) is 0 Å². The van der Waals surface area contributed by atoms with E-state index >= 15 is 0 Å². The minimum atomic E-state index is 0. The van der Waals surface area contributed by atoms with Crippen molar-refractivity contribution in [2.75, 3.05) is 0 Å². The summed E-state index contributed by atoms with van der Waals surface area (Å²) in [6.07, 6.45) is 0. The Morgan fingerprint density at radius 1 is 0.750 bits per heavy atom. The second-order valence-corrected chi connectivity index (χ2v) is 0. The van der Waals surface area contributed by atoms with Crippen molar-refractivity contribution in [1.82, 2.24) is 0 Å². The zero-order valence-electron chi connectivity index (χ0n) is 1.80. The molecule has 4 heavy (non-hydrogen) atoms. The molecule has 0 rings (SSSR count). The normalized spacial score (nSPS) is 0. The molecule has 0 atom stereocenters. The summed E-state index contributed by atoms with van der Waals surface area (Å²) in [5.41, 5.74) is 0. The molecule has 4 N–H and O–H groups in total. The van der Waals surface area contributed by atoms with Gasteiger partial charge in [-0.05, 0) is 0 Å². The summed E-state index contributed by atoms with van der Waals surface area (Å²) in [7, 11) is 0. The van der Waals surface area contributed by atoms with Gasteiger partial charge in [0.15, 0.2) is 0 Å². The van der Waals surface area contributed by atoms with E-state index < -0.39 is 0 Å². The summed E-state index contributed by atoms with van der Waals surface area (Å²) in [5.74, 6) is 0. The van der Waals surface area contributed by atoms with Crippen LogP contribution in [0.5, 0.6) is 0 Å². The Kier molecular flexibility index (Phi) is 359. The van der Waals surface area contributed by atoms with Crippen molar-refractivity contribution < 1.29 is 55.1 Å². The van der Waals surface area contributed by atoms with Gasteiger partial charge in [-0.2, -0.15) is 0 Å². The Morgan fingerprint density at radius 2 is 0.750 bits per heavy atom. The van der Waals surface area contributed by atoms with Crippen LogP contribution in [-0.4, -0.2) is 11.0 Å². The molecule has 0 aliphatic heterocycles. The van der Waals surface area contributed by atoms with Crippen LogP contribution in [0.15, 0.2) is 0 Å². The monoisotopic (exact) mass is 281 g/mol. The van der Waals surface area contributed by atoms with Gasteiger partial charge >= 0.3 is 0 Å². The predicted molar refractivity (Wildman–Crippen MR) is 7.23 cm³/mol. The van der Waals surface area contributed by atoms with Gasteiger partial charge in [0.25, 0.3) is 0 Å². The third-order valence-corrected chi connectivity index (χ3v) is 0. The molecule has 1 radical (unpaired) electrons. The fraction of sp³-hybridized carbons (Fsp3) is 0. The van der Waals surface area contributed by atoms with E-state index in [-0.39, 0.29) is 55.1 Å². The molecule has 0 unspecified atom stereocenters. The Morgan fingerprint density at radius 3 is 0.750 bits per heavy atom. The van der Waals surface area contributed by atoms with Crippen molar-refractivity contribution in [3.63, 3.8) is 0 Å². The van der Waals surface area contributed by atoms with E-state index in [1.807, 2.05) is 0 Å². The molecule has 0 bridgehead atoms. The predicted octanol–water partition coefficient (Wildman–Crippen LogP) is -1.65. The van der Waals surface area contributed by atoms with Crippen LogP contribution in [0.2, 0.25) is 0 Å². The molecule has 4 heteroatoms. The molecule has 0 spiro atoms. The Hall–Kier alpha value is 1.37. The van der Waals surface area contributed by atoms with Gasteiger partial charge in [-0.1, -0.05) is 0 Å². The average molecular weight is 281 g/mol. The minimum Gasteiger partial charge on any atom is -0.412 e. The molecule has 0 aromatic heterocycles. The third kappa shape index (κ3) is 10.1. The van der Waals surface area contributed by atoms with Crippen LogP contribution in [0.1, 0.15) is 0 Å². The maximum absolute atomic E-state index is 0. The SMILES string of the molecule is O.O.[Au].[Ti]. The van der Waals surface area contributed by atoms with Crippen LogP contribution >= 0.6 is 0 Å². The van der Waals surface area contributed by atoms with Gasteiger partial charge < -0.3 is 11.0 Å². The zero-order valence-corrected chi connectivity index (χ0v) is 5.53. The van der Waals surface area contributed by atoms with Crippen LogP contribution in [0.25, 0.3) is 0 Å². The summed E-state index contributed by atoms with van der Waals surface area (Å²) in [5, 5.41) is 0. The Balaban J connectivity index is 0. The van der Waals surface area contributed by atoms with E-state index in [1.54, 1.807) is 0 Å². The molecule has 0 aromatic rings. The van der Waals surface area contributed by atoms with Gasteiger partial charge in [0.2, 0.25) is 0 Å². The molecule has 0 fully saturated rings. The van der Waals surface area contributed by atoms with E-state index in [9.17, 15) is 0 Å². The van der Waals surface area contributed by atoms with Gasteiger partial charge in [0.1, 0.15) is 0 Å². The standard InChI is InChI=1S/Au.2H2O.Ti/h;2*1H2;. The van der Waals surface area contributed by atoms with Crippen molar-refractivity contribution in [3.8, 4) is 0 Å². The second kappa shape index (κ2) is 26.4. The first-order chi connectivity index (χ1) is 0. The molecule has 0 amide bonds. The number of hydrogen-bond acceptors (Lipinski definition) is 0. The molecule has 31 valence electrons. The van der Waals surface area contributed by atoms with Crippen LogP contribution in [0.3, 0.4) is 0 Å². The maximum Gasteiger partial charge on any atom is 0 e. The Labute approximate surface area is 55.0 Å². The zero-order chi connectivity index (χ0) is 0. The molecule has 0 aliphatic carbocycles. The summed E-state index contributed by atoms with van der Waals surface area (Å²) in [6, 6.07) is 0. The second-order valence-electron chi connectivity index (χ2n) is 0. The molecule has 2 nitrogen and oxygen atoms in total. The topological polar surface area (TPSA) is 63.0 Å². The van der Waals surface area contributed by atoms with Crippen molar-refractivity contribution >= 4 is 0 Å². The average Bonchev–Trinajstić information content (AvgIpc) is 0. The van der Waals surface area contributed by atoms with E-state index in [0.717, 1.165) is 0 Å². The summed E-state index contributed by atoms with van der Waals surface area (Å²) >= 11 is 0. The van der Waals surface area contributed by atoms with Crippen LogP contribution < -0.4 is 0 Å². The van der Waals surface area contributed by atoms with Crippen LogP contribution in [-0.2, 0) is 44.1 Å². The Bertz CT molecular complexity index is 6.00. The fourth-order valence-corrected chi connectivity index (χ4v) is 0. The molecule has 0 aliphatic rings. The molecule has 0 saturated carbocycles. The molecular weight excluding hydrogens is 277 g/mol. The fourth-order valence-electron chi connectivity index (χ4n) is 0. The molecule has 0 saturated heterocycles. The maximum atomic E-state index is 0. The van der Waals surface area contributed by atoms with Gasteiger partial charge in [0, 0.05) is 44.1 Å². The van der Waals surface area contributed by atoms with Crippen LogP contribution in [0.4, 0.5) is 0 Å². The third-order valence-electron chi connectivity index (χ3n) is 0. The first kappa shape index (κ1) is 54.4. The smallest absolute Gasteiger partial charge is 0 e. The van der Waals surface area contributed by atoms with E-state index in [1.165, 1.54) is 0 Å². The summed E-state index contributed by atoms with van der Waals surface area (Å²) < 4.78 is 0. The first-order valence-electron chi connectivity index (χ1n) is 0. The summed E-state index contributed by atoms with van der Waals surface area (Å²) in [4.78, 5) is 0. The molecule has 0 heterocycles. The molecule has 0 aromatic carbocycles. The first-order valence-corrected chi connectivity index (χ1v) is 0. The minimum absolute atomic E-state index is 0. The van der Waals surface area contributed by atoms with Gasteiger partial charge in [-0.25, -0.2) is 0 Å².